The molecule has 1 radical (unpaired) electrons. The van der Waals surface area contributed by atoms with Crippen molar-refractivity contribution in [1.29, 1.82) is 0 Å². The number of nitrogens with zero attached hydrogens (tertiary/aromatic N) is 1. The number of hydrogen-bond donors (Lipinski definition) is 1. The molecule has 0 aromatic heterocycles. The Bertz CT molecular complexity index is 944. The Balaban J connectivity index is 1.53. The highest BCUT2D eigenvalue weighted by Crippen LogP contribution is 2.28. The third-order valence-corrected chi connectivity index (χ3v) is 5.98. The molecule has 1 aliphatic heterocycles. The molecule has 1 unspecified atom stereocenters. The molecular formula is C26H31F2N2O2. The lowest BCUT2D eigenvalue weighted by atomic mass is 9.95. The van der Waals surface area contributed by atoms with E-state index < -0.39 is 17.7 Å². The summed E-state index contributed by atoms with van der Waals surface area (Å²) in [4.78, 5) is 14.1. The third-order valence-electron chi connectivity index (χ3n) is 5.98. The predicted molar refractivity (Wildman–Crippen MR) is 123 cm³/mol. The maximum absolute atomic E-state index is 14.8. The van der Waals surface area contributed by atoms with Crippen molar-refractivity contribution >= 4 is 11.7 Å². The van der Waals surface area contributed by atoms with Gasteiger partial charge >= 0.3 is 6.09 Å². The number of rotatable bonds is 8. The Morgan fingerprint density at radius 1 is 1.16 bits per heavy atom. The molecule has 0 fully saturated rings. The van der Waals surface area contributed by atoms with Crippen LogP contribution in [0.4, 0.5) is 13.6 Å². The first kappa shape index (κ1) is 23.9. The van der Waals surface area contributed by atoms with Crippen molar-refractivity contribution in [3.63, 3.8) is 0 Å². The van der Waals surface area contributed by atoms with E-state index in [1.165, 1.54) is 18.1 Å². The van der Waals surface area contributed by atoms with Crippen molar-refractivity contribution in [3.05, 3.63) is 82.8 Å². The minimum atomic E-state index is -0.586. The van der Waals surface area contributed by atoms with Gasteiger partial charge in [-0.05, 0) is 54.5 Å². The summed E-state index contributed by atoms with van der Waals surface area (Å²) in [6.45, 7) is 8.23. The average molecular weight is 442 g/mol. The fourth-order valence-electron chi connectivity index (χ4n) is 3.75. The van der Waals surface area contributed by atoms with Crippen molar-refractivity contribution in [2.24, 2.45) is 0 Å². The van der Waals surface area contributed by atoms with E-state index in [9.17, 15) is 13.6 Å². The van der Waals surface area contributed by atoms with Crippen LogP contribution in [-0.2, 0) is 17.8 Å². The molecule has 0 saturated heterocycles. The largest absolute Gasteiger partial charge is 0.445 e. The second-order valence-corrected chi connectivity index (χ2v) is 8.39. The van der Waals surface area contributed by atoms with Gasteiger partial charge in [0.1, 0.15) is 18.2 Å². The number of carbonyl (C=O) groups excluding carboxylic acids is 1. The highest BCUT2D eigenvalue weighted by Gasteiger charge is 2.22. The van der Waals surface area contributed by atoms with Crippen LogP contribution in [-0.4, -0.2) is 36.7 Å². The number of halogens is 2. The zero-order chi connectivity index (χ0) is 23.1. The van der Waals surface area contributed by atoms with E-state index in [-0.39, 0.29) is 25.1 Å². The van der Waals surface area contributed by atoms with Crippen LogP contribution in [0.25, 0.3) is 5.57 Å². The molecule has 2 aromatic carbocycles. The van der Waals surface area contributed by atoms with Gasteiger partial charge in [-0.1, -0.05) is 50.3 Å². The molecule has 2 aromatic rings. The molecule has 1 atom stereocenters. The normalized spacial score (nSPS) is 15.4. The summed E-state index contributed by atoms with van der Waals surface area (Å²) >= 11 is 0. The highest BCUT2D eigenvalue weighted by molar-refractivity contribution is 5.68. The van der Waals surface area contributed by atoms with E-state index in [2.05, 4.69) is 31.0 Å². The zero-order valence-electron chi connectivity index (χ0n) is 19.0. The SMILES string of the molecule is C[C](C)C(C)N1CC=C(c2cc(F)c(CCNC(=O)OCc3ccccc3)cc2F)CC1. The zero-order valence-corrected chi connectivity index (χ0v) is 19.0. The smallest absolute Gasteiger partial charge is 0.407 e. The summed E-state index contributed by atoms with van der Waals surface area (Å²) in [5.74, 6) is 0.440. The molecule has 4 nitrogen and oxygen atoms in total. The van der Waals surface area contributed by atoms with E-state index in [0.29, 0.717) is 18.0 Å². The topological polar surface area (TPSA) is 41.6 Å². The summed E-state index contributed by atoms with van der Waals surface area (Å²) in [5.41, 5.74) is 2.28. The first-order valence-corrected chi connectivity index (χ1v) is 11.0. The van der Waals surface area contributed by atoms with E-state index in [4.69, 9.17) is 4.74 Å². The monoisotopic (exact) mass is 441 g/mol. The first-order chi connectivity index (χ1) is 15.3. The van der Waals surface area contributed by atoms with Gasteiger partial charge in [-0.25, -0.2) is 13.6 Å². The highest BCUT2D eigenvalue weighted by atomic mass is 19.1. The van der Waals surface area contributed by atoms with Crippen molar-refractivity contribution in [1.82, 2.24) is 10.2 Å². The van der Waals surface area contributed by atoms with Gasteiger partial charge < -0.3 is 10.1 Å². The van der Waals surface area contributed by atoms with Crippen LogP contribution in [0.15, 0.2) is 48.5 Å². The number of carbonyl (C=O) groups is 1. The van der Waals surface area contributed by atoms with Gasteiger partial charge in [-0.3, -0.25) is 4.90 Å². The summed E-state index contributed by atoms with van der Waals surface area (Å²) < 4.78 is 34.5. The van der Waals surface area contributed by atoms with Crippen LogP contribution in [0, 0.1) is 17.6 Å². The maximum Gasteiger partial charge on any atom is 0.407 e. The lowest BCUT2D eigenvalue weighted by molar-refractivity contribution is 0.140. The van der Waals surface area contributed by atoms with Crippen LogP contribution >= 0.6 is 0 Å². The summed E-state index contributed by atoms with van der Waals surface area (Å²) in [6, 6.07) is 12.2. The first-order valence-electron chi connectivity index (χ1n) is 11.0. The Morgan fingerprint density at radius 3 is 2.56 bits per heavy atom. The Hall–Kier alpha value is -2.73. The molecule has 1 amide bonds. The van der Waals surface area contributed by atoms with Crippen molar-refractivity contribution in [2.45, 2.75) is 46.3 Å². The number of amides is 1. The van der Waals surface area contributed by atoms with Crippen molar-refractivity contribution in [3.8, 4) is 0 Å². The number of alkyl carbamates (subject to hydrolysis) is 1. The van der Waals surface area contributed by atoms with Gasteiger partial charge in [0.25, 0.3) is 0 Å². The molecule has 0 spiro atoms. The second-order valence-electron chi connectivity index (χ2n) is 8.39. The van der Waals surface area contributed by atoms with Gasteiger partial charge in [0.2, 0.25) is 0 Å². The van der Waals surface area contributed by atoms with Crippen LogP contribution in [0.1, 0.15) is 43.9 Å². The maximum atomic E-state index is 14.8. The van der Waals surface area contributed by atoms with Crippen molar-refractivity contribution < 1.29 is 18.3 Å². The fraction of sp³-hybridized carbons (Fsp3) is 0.385. The molecular weight excluding hydrogens is 410 g/mol. The quantitative estimate of drug-likeness (QED) is 0.586. The van der Waals surface area contributed by atoms with Crippen molar-refractivity contribution in [2.75, 3.05) is 19.6 Å². The minimum absolute atomic E-state index is 0.158. The number of ether oxygens (including phenoxy) is 1. The standard InChI is InChI=1S/C26H31F2N2O2/c1-18(2)19(3)30-13-10-21(11-14-30)23-16-24(27)22(15-25(23)28)9-12-29-26(31)32-17-20-7-5-4-6-8-20/h4-8,10,15-16,19H,9,11-14,17H2,1-3H3,(H,29,31). The Morgan fingerprint density at radius 2 is 1.91 bits per heavy atom. The molecule has 0 bridgehead atoms. The van der Waals surface area contributed by atoms with Crippen LogP contribution < -0.4 is 5.32 Å². The number of benzene rings is 2. The third kappa shape index (κ3) is 6.39. The lowest BCUT2D eigenvalue weighted by Gasteiger charge is -2.34. The van der Waals surface area contributed by atoms with E-state index in [0.717, 1.165) is 24.2 Å². The predicted octanol–water partition coefficient (Wildman–Crippen LogP) is 5.53. The molecule has 0 aliphatic carbocycles. The van der Waals surface area contributed by atoms with E-state index in [1.54, 1.807) is 0 Å². The molecule has 0 saturated carbocycles. The summed E-state index contributed by atoms with van der Waals surface area (Å²) in [7, 11) is 0. The van der Waals surface area contributed by atoms with Crippen LogP contribution in [0.5, 0.6) is 0 Å². The molecule has 1 N–H and O–H groups in total. The molecule has 6 heteroatoms. The summed E-state index contributed by atoms with van der Waals surface area (Å²) in [5, 5.41) is 2.58. The van der Waals surface area contributed by atoms with E-state index in [1.807, 2.05) is 36.4 Å². The van der Waals surface area contributed by atoms with Gasteiger partial charge in [-0.15, -0.1) is 0 Å². The van der Waals surface area contributed by atoms with Crippen LogP contribution in [0.3, 0.4) is 0 Å². The van der Waals surface area contributed by atoms with E-state index >= 15 is 0 Å². The van der Waals surface area contributed by atoms with Gasteiger partial charge in [0.15, 0.2) is 0 Å². The molecule has 3 rings (SSSR count). The average Bonchev–Trinajstić information content (AvgIpc) is 2.80. The van der Waals surface area contributed by atoms with Crippen LogP contribution in [0.2, 0.25) is 0 Å². The fourth-order valence-corrected chi connectivity index (χ4v) is 3.75. The lowest BCUT2D eigenvalue weighted by Crippen LogP contribution is -2.38. The van der Waals surface area contributed by atoms with Gasteiger partial charge in [-0.2, -0.15) is 0 Å². The molecule has 171 valence electrons. The van der Waals surface area contributed by atoms with Gasteiger partial charge in [0.05, 0.1) is 0 Å². The molecule has 32 heavy (non-hydrogen) atoms. The molecule has 1 aliphatic rings. The Labute approximate surface area is 189 Å². The molecule has 1 heterocycles. The van der Waals surface area contributed by atoms with Gasteiger partial charge in [0, 0.05) is 31.2 Å². The number of nitrogens with one attached hydrogen (secondary N) is 1. The summed E-state index contributed by atoms with van der Waals surface area (Å²) in [6.07, 6.45) is 2.27. The Kier molecular flexibility index (Phi) is 8.39. The number of hydrogen-bond acceptors (Lipinski definition) is 3. The second kappa shape index (κ2) is 11.2. The minimum Gasteiger partial charge on any atom is -0.445 e.